The zero-order valence-electron chi connectivity index (χ0n) is 14.8. The van der Waals surface area contributed by atoms with Crippen molar-refractivity contribution in [3.8, 4) is 0 Å². The summed E-state index contributed by atoms with van der Waals surface area (Å²) >= 11 is 5.78. The monoisotopic (exact) mass is 430 g/mol. The lowest BCUT2D eigenvalue weighted by molar-refractivity contribution is -0.384. The Morgan fingerprint density at radius 2 is 1.62 bits per heavy atom. The summed E-state index contributed by atoms with van der Waals surface area (Å²) in [6, 6.07) is 18.4. The van der Waals surface area contributed by atoms with E-state index in [4.69, 9.17) is 11.6 Å². The Labute approximate surface area is 172 Å². The minimum absolute atomic E-state index is 0.0220. The Morgan fingerprint density at radius 3 is 2.28 bits per heavy atom. The van der Waals surface area contributed by atoms with Gasteiger partial charge in [0.15, 0.2) is 0 Å². The second-order valence-corrected chi connectivity index (χ2v) is 7.98. The summed E-state index contributed by atoms with van der Waals surface area (Å²) in [6.45, 7) is 0. The van der Waals surface area contributed by atoms with E-state index in [2.05, 4.69) is 15.2 Å². The third-order valence-corrected chi connectivity index (χ3v) is 5.40. The number of halogens is 1. The van der Waals surface area contributed by atoms with Crippen LogP contribution in [0, 0.1) is 10.1 Å². The van der Waals surface area contributed by atoms with Crippen LogP contribution in [0.1, 0.15) is 5.56 Å². The van der Waals surface area contributed by atoms with E-state index in [1.54, 1.807) is 36.4 Å². The van der Waals surface area contributed by atoms with Crippen LogP contribution < -0.4 is 10.1 Å². The Balaban J connectivity index is 1.63. The lowest BCUT2D eigenvalue weighted by Gasteiger charge is -2.09. The molecule has 3 aromatic rings. The maximum absolute atomic E-state index is 12.4. The van der Waals surface area contributed by atoms with Gasteiger partial charge in [-0.05, 0) is 48.5 Å². The maximum Gasteiger partial charge on any atom is 0.270 e. The molecule has 0 unspecified atom stereocenters. The average Bonchev–Trinajstić information content (AvgIpc) is 2.70. The lowest BCUT2D eigenvalue weighted by Crippen LogP contribution is -2.12. The van der Waals surface area contributed by atoms with Crippen LogP contribution in [0.5, 0.6) is 0 Å². The van der Waals surface area contributed by atoms with E-state index in [1.165, 1.54) is 42.6 Å². The molecule has 0 aliphatic heterocycles. The molecule has 0 radical (unpaired) electrons. The minimum Gasteiger partial charge on any atom is -0.280 e. The highest BCUT2D eigenvalue weighted by molar-refractivity contribution is 7.92. The zero-order valence-corrected chi connectivity index (χ0v) is 16.4. The molecule has 0 saturated heterocycles. The molecule has 0 atom stereocenters. The predicted octanol–water partition coefficient (Wildman–Crippen LogP) is 4.50. The van der Waals surface area contributed by atoms with Crippen molar-refractivity contribution in [3.63, 3.8) is 0 Å². The molecule has 0 heterocycles. The van der Waals surface area contributed by atoms with Crippen molar-refractivity contribution in [2.45, 2.75) is 4.90 Å². The summed E-state index contributed by atoms with van der Waals surface area (Å²) in [5.74, 6) is 0. The minimum atomic E-state index is -3.72. The number of anilines is 2. The number of non-ortho nitro benzene ring substituents is 1. The largest absolute Gasteiger partial charge is 0.280 e. The molecule has 0 fully saturated rings. The highest BCUT2D eigenvalue weighted by atomic mass is 35.5. The van der Waals surface area contributed by atoms with Gasteiger partial charge in [-0.3, -0.25) is 20.3 Å². The van der Waals surface area contributed by atoms with E-state index < -0.39 is 14.9 Å². The summed E-state index contributed by atoms with van der Waals surface area (Å²) in [5.41, 5.74) is 4.32. The van der Waals surface area contributed by atoms with Crippen molar-refractivity contribution in [1.29, 1.82) is 0 Å². The smallest absolute Gasteiger partial charge is 0.270 e. The van der Waals surface area contributed by atoms with Crippen molar-refractivity contribution in [2.75, 3.05) is 10.1 Å². The van der Waals surface area contributed by atoms with Crippen LogP contribution in [-0.4, -0.2) is 19.6 Å². The second-order valence-electron chi connectivity index (χ2n) is 5.86. The number of hydrogen-bond acceptors (Lipinski definition) is 6. The summed E-state index contributed by atoms with van der Waals surface area (Å²) in [4.78, 5) is 10.4. The number of hydrazone groups is 1. The molecule has 3 aromatic carbocycles. The molecular formula is C19H15ClN4O4S. The van der Waals surface area contributed by atoms with E-state index in [0.717, 1.165) is 0 Å². The van der Waals surface area contributed by atoms with E-state index in [1.807, 2.05) is 0 Å². The Kier molecular flexibility index (Phi) is 6.10. The Bertz CT molecular complexity index is 1150. The van der Waals surface area contributed by atoms with Gasteiger partial charge in [0, 0.05) is 28.4 Å². The first kappa shape index (κ1) is 20.3. The molecule has 29 heavy (non-hydrogen) atoms. The number of nitrogens with one attached hydrogen (secondary N) is 2. The van der Waals surface area contributed by atoms with E-state index in [9.17, 15) is 18.5 Å². The van der Waals surface area contributed by atoms with Gasteiger partial charge in [0.2, 0.25) is 0 Å². The zero-order chi connectivity index (χ0) is 20.9. The number of sulfonamides is 1. The summed E-state index contributed by atoms with van der Waals surface area (Å²) in [6.07, 6.45) is 1.45. The number of benzene rings is 3. The molecule has 0 saturated carbocycles. The van der Waals surface area contributed by atoms with Crippen LogP contribution in [0.3, 0.4) is 0 Å². The molecule has 0 aliphatic rings. The Hall–Kier alpha value is -3.43. The third-order valence-electron chi connectivity index (χ3n) is 3.75. The van der Waals surface area contributed by atoms with Crippen LogP contribution in [0.2, 0.25) is 5.02 Å². The fraction of sp³-hybridized carbons (Fsp3) is 0. The molecule has 10 heteroatoms. The lowest BCUT2D eigenvalue weighted by atomic mass is 10.2. The fourth-order valence-corrected chi connectivity index (χ4v) is 3.53. The SMILES string of the molecule is O=[N+]([O-])c1cccc(/C=N/Nc2ccc(NS(=O)(=O)c3ccc(Cl)cc3)cc2)c1. The predicted molar refractivity (Wildman–Crippen MR) is 113 cm³/mol. The number of nitrogens with zero attached hydrogens (tertiary/aromatic N) is 2. The van der Waals surface area contributed by atoms with Gasteiger partial charge in [0.25, 0.3) is 15.7 Å². The quantitative estimate of drug-likeness (QED) is 0.325. The van der Waals surface area contributed by atoms with Gasteiger partial charge >= 0.3 is 0 Å². The van der Waals surface area contributed by atoms with Gasteiger partial charge in [-0.25, -0.2) is 8.42 Å². The van der Waals surface area contributed by atoms with Gasteiger partial charge in [0.1, 0.15) is 0 Å². The third kappa shape index (κ3) is 5.53. The molecule has 0 bridgehead atoms. The molecule has 3 rings (SSSR count). The van der Waals surface area contributed by atoms with Crippen LogP contribution >= 0.6 is 11.6 Å². The molecule has 0 aromatic heterocycles. The van der Waals surface area contributed by atoms with E-state index >= 15 is 0 Å². The van der Waals surface area contributed by atoms with Crippen LogP contribution in [0.4, 0.5) is 17.1 Å². The van der Waals surface area contributed by atoms with Gasteiger partial charge in [-0.1, -0.05) is 23.7 Å². The summed E-state index contributed by atoms with van der Waals surface area (Å²) < 4.78 is 27.2. The first-order valence-corrected chi connectivity index (χ1v) is 10.1. The van der Waals surface area contributed by atoms with Crippen LogP contribution in [0.15, 0.2) is 82.8 Å². The average molecular weight is 431 g/mol. The highest BCUT2D eigenvalue weighted by Crippen LogP contribution is 2.20. The molecule has 0 amide bonds. The van der Waals surface area contributed by atoms with Gasteiger partial charge in [-0.15, -0.1) is 0 Å². The number of rotatable bonds is 7. The fourth-order valence-electron chi connectivity index (χ4n) is 2.34. The van der Waals surface area contributed by atoms with Crippen molar-refractivity contribution in [2.24, 2.45) is 5.10 Å². The van der Waals surface area contributed by atoms with Crippen molar-refractivity contribution < 1.29 is 13.3 Å². The molecule has 2 N–H and O–H groups in total. The molecule has 0 aliphatic carbocycles. The second kappa shape index (κ2) is 8.72. The van der Waals surface area contributed by atoms with Gasteiger partial charge in [0.05, 0.1) is 21.7 Å². The highest BCUT2D eigenvalue weighted by Gasteiger charge is 2.13. The number of nitro benzene ring substituents is 1. The van der Waals surface area contributed by atoms with Crippen molar-refractivity contribution in [3.05, 3.63) is 93.5 Å². The van der Waals surface area contributed by atoms with Crippen LogP contribution in [-0.2, 0) is 10.0 Å². The molecule has 148 valence electrons. The molecule has 8 nitrogen and oxygen atoms in total. The number of nitro groups is 1. The van der Waals surface area contributed by atoms with Gasteiger partial charge in [-0.2, -0.15) is 5.10 Å². The first-order chi connectivity index (χ1) is 13.8. The van der Waals surface area contributed by atoms with E-state index in [0.29, 0.717) is 22.0 Å². The van der Waals surface area contributed by atoms with Gasteiger partial charge < -0.3 is 0 Å². The normalized spacial score (nSPS) is 11.3. The summed E-state index contributed by atoms with van der Waals surface area (Å²) in [5, 5.41) is 15.2. The standard InChI is InChI=1S/C19H15ClN4O4S/c20-15-4-10-19(11-5-15)29(27,28)23-17-8-6-16(7-9-17)22-21-13-14-2-1-3-18(12-14)24(25)26/h1-13,22-23H/b21-13+. The van der Waals surface area contributed by atoms with Crippen molar-refractivity contribution in [1.82, 2.24) is 0 Å². The Morgan fingerprint density at radius 1 is 0.966 bits per heavy atom. The van der Waals surface area contributed by atoms with E-state index in [-0.39, 0.29) is 10.6 Å². The van der Waals surface area contributed by atoms with Crippen molar-refractivity contribution >= 4 is 44.9 Å². The first-order valence-electron chi connectivity index (χ1n) is 8.25. The van der Waals surface area contributed by atoms with Crippen LogP contribution in [0.25, 0.3) is 0 Å². The summed E-state index contributed by atoms with van der Waals surface area (Å²) in [7, 11) is -3.72. The molecule has 0 spiro atoms. The topological polar surface area (TPSA) is 114 Å². The number of hydrogen-bond donors (Lipinski definition) is 2. The molecular weight excluding hydrogens is 416 g/mol. The maximum atomic E-state index is 12.4.